The SMILES string of the molecule is CCOC(=O)c1ccc(NC(=O)N2N=C(c3ccc(F)cc3)C(C#N)C2(C)C)c(Br)c1. The normalized spacial score (nSPS) is 17.0. The van der Waals surface area contributed by atoms with Gasteiger partial charge < -0.3 is 10.1 Å². The van der Waals surface area contributed by atoms with Crippen molar-refractivity contribution in [2.24, 2.45) is 11.0 Å². The Morgan fingerprint density at radius 1 is 1.29 bits per heavy atom. The highest BCUT2D eigenvalue weighted by Crippen LogP contribution is 2.36. The van der Waals surface area contributed by atoms with E-state index >= 15 is 0 Å². The Labute approximate surface area is 187 Å². The highest BCUT2D eigenvalue weighted by molar-refractivity contribution is 9.10. The lowest BCUT2D eigenvalue weighted by molar-refractivity contribution is 0.0526. The minimum absolute atomic E-state index is 0.257. The minimum atomic E-state index is -0.945. The van der Waals surface area contributed by atoms with Crippen molar-refractivity contribution in [3.05, 3.63) is 63.9 Å². The van der Waals surface area contributed by atoms with Gasteiger partial charge in [-0.2, -0.15) is 10.4 Å². The maximum atomic E-state index is 13.3. The molecule has 0 bridgehead atoms. The number of ether oxygens (including phenoxy) is 1. The number of hydrogen-bond donors (Lipinski definition) is 1. The number of halogens is 2. The Morgan fingerprint density at radius 3 is 2.55 bits per heavy atom. The summed E-state index contributed by atoms with van der Waals surface area (Å²) in [4.78, 5) is 24.9. The van der Waals surface area contributed by atoms with Crippen molar-refractivity contribution in [3.63, 3.8) is 0 Å². The highest BCUT2D eigenvalue weighted by Gasteiger charge is 2.48. The number of hydrogen-bond acceptors (Lipinski definition) is 5. The van der Waals surface area contributed by atoms with E-state index < -0.39 is 29.3 Å². The van der Waals surface area contributed by atoms with Crippen LogP contribution in [0.1, 0.15) is 36.7 Å². The van der Waals surface area contributed by atoms with Gasteiger partial charge in [-0.3, -0.25) is 0 Å². The number of nitriles is 1. The molecule has 9 heteroatoms. The van der Waals surface area contributed by atoms with E-state index in [0.717, 1.165) is 0 Å². The number of nitrogens with zero attached hydrogens (tertiary/aromatic N) is 3. The van der Waals surface area contributed by atoms with Gasteiger partial charge in [-0.25, -0.2) is 19.0 Å². The molecular formula is C22H20BrFN4O3. The zero-order valence-corrected chi connectivity index (χ0v) is 18.7. The number of anilines is 1. The summed E-state index contributed by atoms with van der Waals surface area (Å²) in [6, 6.07) is 11.9. The predicted molar refractivity (Wildman–Crippen MR) is 117 cm³/mol. The number of esters is 1. The Hall–Kier alpha value is -3.25. The summed E-state index contributed by atoms with van der Waals surface area (Å²) in [6.45, 7) is 5.45. The molecular weight excluding hydrogens is 467 g/mol. The standard InChI is InChI=1S/C22H20BrFN4O3/c1-4-31-20(29)14-7-10-18(17(23)11-14)26-21(30)28-22(2,3)16(12-25)19(27-28)13-5-8-15(24)9-6-13/h5-11,16H,4H2,1-3H3,(H,26,30). The van der Waals surface area contributed by atoms with E-state index in [1.165, 1.54) is 29.3 Å². The molecule has 31 heavy (non-hydrogen) atoms. The summed E-state index contributed by atoms with van der Waals surface area (Å²) in [7, 11) is 0. The smallest absolute Gasteiger partial charge is 0.342 e. The fourth-order valence-electron chi connectivity index (χ4n) is 3.25. The van der Waals surface area contributed by atoms with Crippen LogP contribution in [0.25, 0.3) is 0 Å². The summed E-state index contributed by atoms with van der Waals surface area (Å²) < 4.78 is 18.8. The lowest BCUT2D eigenvalue weighted by Crippen LogP contribution is -2.47. The number of hydrazone groups is 1. The van der Waals surface area contributed by atoms with Crippen molar-refractivity contribution in [1.82, 2.24) is 5.01 Å². The number of benzene rings is 2. The molecule has 160 valence electrons. The van der Waals surface area contributed by atoms with Crippen molar-refractivity contribution in [2.75, 3.05) is 11.9 Å². The van der Waals surface area contributed by atoms with Gasteiger partial charge in [0, 0.05) is 4.47 Å². The highest BCUT2D eigenvalue weighted by atomic mass is 79.9. The van der Waals surface area contributed by atoms with E-state index in [0.29, 0.717) is 27.0 Å². The number of amides is 2. The quantitative estimate of drug-likeness (QED) is 0.619. The molecule has 1 unspecified atom stereocenters. The second-order valence-electron chi connectivity index (χ2n) is 7.36. The van der Waals surface area contributed by atoms with E-state index in [1.54, 1.807) is 39.0 Å². The van der Waals surface area contributed by atoms with Gasteiger partial charge in [-0.15, -0.1) is 0 Å². The van der Waals surface area contributed by atoms with Crippen LogP contribution < -0.4 is 5.32 Å². The van der Waals surface area contributed by atoms with E-state index in [4.69, 9.17) is 4.74 Å². The molecule has 0 saturated carbocycles. The molecule has 2 aromatic carbocycles. The maximum Gasteiger partial charge on any atom is 0.342 e. The van der Waals surface area contributed by atoms with E-state index in [9.17, 15) is 19.2 Å². The first kappa shape index (κ1) is 22.4. The van der Waals surface area contributed by atoms with Crippen LogP contribution >= 0.6 is 15.9 Å². The zero-order valence-electron chi connectivity index (χ0n) is 17.1. The molecule has 2 amide bonds. The first-order valence-electron chi connectivity index (χ1n) is 9.51. The summed E-state index contributed by atoms with van der Waals surface area (Å²) in [5.74, 6) is -1.58. The Morgan fingerprint density at radius 2 is 1.97 bits per heavy atom. The third-order valence-corrected chi connectivity index (χ3v) is 5.57. The first-order chi connectivity index (χ1) is 14.7. The summed E-state index contributed by atoms with van der Waals surface area (Å²) in [5, 5.41) is 18.1. The van der Waals surface area contributed by atoms with Gasteiger partial charge >= 0.3 is 12.0 Å². The lowest BCUT2D eigenvalue weighted by Gasteiger charge is -2.31. The molecule has 1 aliphatic rings. The second-order valence-corrected chi connectivity index (χ2v) is 8.22. The van der Waals surface area contributed by atoms with Crippen LogP contribution in [-0.4, -0.2) is 34.9 Å². The number of carbonyl (C=O) groups excluding carboxylic acids is 2. The van der Waals surface area contributed by atoms with Crippen LogP contribution in [0.3, 0.4) is 0 Å². The van der Waals surface area contributed by atoms with Crippen molar-refractivity contribution < 1.29 is 18.7 Å². The van der Waals surface area contributed by atoms with Crippen LogP contribution in [0, 0.1) is 23.1 Å². The topological polar surface area (TPSA) is 94.8 Å². The Balaban J connectivity index is 1.87. The fourth-order valence-corrected chi connectivity index (χ4v) is 3.73. The molecule has 7 nitrogen and oxygen atoms in total. The molecule has 1 heterocycles. The fraction of sp³-hybridized carbons (Fsp3) is 0.273. The predicted octanol–water partition coefficient (Wildman–Crippen LogP) is 4.94. The summed E-state index contributed by atoms with van der Waals surface area (Å²) in [6.07, 6.45) is 0. The van der Waals surface area contributed by atoms with Crippen molar-refractivity contribution in [3.8, 4) is 6.07 Å². The Bertz CT molecular complexity index is 1090. The van der Waals surface area contributed by atoms with Crippen LogP contribution in [-0.2, 0) is 4.74 Å². The van der Waals surface area contributed by atoms with Crippen LogP contribution in [0.4, 0.5) is 14.9 Å². The van der Waals surface area contributed by atoms with Crippen LogP contribution in [0.2, 0.25) is 0 Å². The number of nitrogens with one attached hydrogen (secondary N) is 1. The molecule has 2 aromatic rings. The minimum Gasteiger partial charge on any atom is -0.462 e. The van der Waals surface area contributed by atoms with Gasteiger partial charge in [-0.05, 0) is 72.6 Å². The molecule has 3 rings (SSSR count). The van der Waals surface area contributed by atoms with E-state index in [1.807, 2.05) is 0 Å². The maximum absolute atomic E-state index is 13.3. The van der Waals surface area contributed by atoms with Crippen molar-refractivity contribution in [1.29, 1.82) is 5.26 Å². The van der Waals surface area contributed by atoms with Crippen LogP contribution in [0.5, 0.6) is 0 Å². The first-order valence-corrected chi connectivity index (χ1v) is 10.3. The van der Waals surface area contributed by atoms with Gasteiger partial charge in [0.25, 0.3) is 0 Å². The second kappa shape index (κ2) is 8.86. The molecule has 0 fully saturated rings. The van der Waals surface area contributed by atoms with E-state index in [-0.39, 0.29) is 6.61 Å². The third kappa shape index (κ3) is 4.44. The third-order valence-electron chi connectivity index (χ3n) is 4.92. The zero-order chi connectivity index (χ0) is 22.8. The van der Waals surface area contributed by atoms with E-state index in [2.05, 4.69) is 32.4 Å². The molecule has 1 atom stereocenters. The van der Waals surface area contributed by atoms with Crippen LogP contribution in [0.15, 0.2) is 52.0 Å². The molecule has 1 N–H and O–H groups in total. The molecule has 1 aliphatic heterocycles. The summed E-state index contributed by atoms with van der Waals surface area (Å²) >= 11 is 3.35. The van der Waals surface area contributed by atoms with Gasteiger partial charge in [0.05, 0.1) is 35.2 Å². The molecule has 0 spiro atoms. The number of carbonyl (C=O) groups is 2. The molecule has 0 saturated heterocycles. The molecule has 0 aliphatic carbocycles. The number of rotatable bonds is 4. The van der Waals surface area contributed by atoms with Gasteiger partial charge in [0.1, 0.15) is 11.7 Å². The van der Waals surface area contributed by atoms with Crippen molar-refractivity contribution >= 4 is 39.3 Å². The average molecular weight is 487 g/mol. The van der Waals surface area contributed by atoms with Gasteiger partial charge in [0.15, 0.2) is 0 Å². The summed E-state index contributed by atoms with van der Waals surface area (Å²) in [5.41, 5.74) is 0.776. The lowest BCUT2D eigenvalue weighted by atomic mass is 9.83. The largest absolute Gasteiger partial charge is 0.462 e. The van der Waals surface area contributed by atoms with Gasteiger partial charge in [-0.1, -0.05) is 12.1 Å². The van der Waals surface area contributed by atoms with Gasteiger partial charge in [0.2, 0.25) is 0 Å². The van der Waals surface area contributed by atoms with Crippen molar-refractivity contribution in [2.45, 2.75) is 26.3 Å². The Kier molecular flexibility index (Phi) is 6.41. The molecule has 0 radical (unpaired) electrons. The average Bonchev–Trinajstić information content (AvgIpc) is 3.00. The monoisotopic (exact) mass is 486 g/mol. The number of urea groups is 1. The molecule has 0 aromatic heterocycles.